The number of hydrogen-bond acceptors (Lipinski definition) is 4. The lowest BCUT2D eigenvalue weighted by molar-refractivity contribution is 0.0948. The zero-order valence-corrected chi connectivity index (χ0v) is 16.4. The summed E-state index contributed by atoms with van der Waals surface area (Å²) in [4.78, 5) is 12.4. The second-order valence-electron chi connectivity index (χ2n) is 7.89. The third-order valence-corrected chi connectivity index (χ3v) is 5.30. The van der Waals surface area contributed by atoms with Crippen molar-refractivity contribution in [3.63, 3.8) is 0 Å². The van der Waals surface area contributed by atoms with Gasteiger partial charge in [0, 0.05) is 42.5 Å². The van der Waals surface area contributed by atoms with Gasteiger partial charge >= 0.3 is 0 Å². The molecule has 0 aromatic heterocycles. The monoisotopic (exact) mass is 380 g/mol. The van der Waals surface area contributed by atoms with Crippen molar-refractivity contribution in [3.8, 4) is 5.75 Å². The van der Waals surface area contributed by atoms with Crippen LogP contribution in [0.2, 0.25) is 0 Å². The van der Waals surface area contributed by atoms with Crippen LogP contribution >= 0.6 is 0 Å². The van der Waals surface area contributed by atoms with Crippen LogP contribution in [0.15, 0.2) is 42.5 Å². The van der Waals surface area contributed by atoms with Crippen molar-refractivity contribution in [2.75, 3.05) is 13.1 Å². The van der Waals surface area contributed by atoms with Crippen LogP contribution in [0.5, 0.6) is 5.75 Å². The molecule has 0 radical (unpaired) electrons. The number of hydrogen-bond donors (Lipinski definition) is 4. The van der Waals surface area contributed by atoms with Crippen LogP contribution in [0, 0.1) is 5.41 Å². The maximum Gasteiger partial charge on any atom is 0.251 e. The Kier molecular flexibility index (Phi) is 5.70. The highest BCUT2D eigenvalue weighted by molar-refractivity contribution is 5.95. The quantitative estimate of drug-likeness (QED) is 0.436. The maximum absolute atomic E-state index is 12.4. The first-order valence-corrected chi connectivity index (χ1v) is 9.53. The predicted octanol–water partition coefficient (Wildman–Crippen LogP) is 2.33. The SMILES string of the molecule is CC(C)(CN)c1ccc(C(=O)NCCC2Cc3cc(C(=N)N)ccc3O2)cc1. The molecular weight excluding hydrogens is 352 g/mol. The van der Waals surface area contributed by atoms with Crippen molar-refractivity contribution < 1.29 is 9.53 Å². The molecule has 0 aliphatic carbocycles. The minimum Gasteiger partial charge on any atom is -0.490 e. The van der Waals surface area contributed by atoms with E-state index in [9.17, 15) is 4.79 Å². The fourth-order valence-corrected chi connectivity index (χ4v) is 3.29. The number of benzene rings is 2. The van der Waals surface area contributed by atoms with Crippen LogP contribution < -0.4 is 21.5 Å². The van der Waals surface area contributed by atoms with Gasteiger partial charge in [-0.3, -0.25) is 10.2 Å². The predicted molar refractivity (Wildman–Crippen MR) is 111 cm³/mol. The lowest BCUT2D eigenvalue weighted by Crippen LogP contribution is -2.29. The Balaban J connectivity index is 1.50. The Morgan fingerprint density at radius 2 is 1.89 bits per heavy atom. The molecule has 0 saturated heterocycles. The van der Waals surface area contributed by atoms with Crippen LogP contribution in [-0.4, -0.2) is 30.9 Å². The molecule has 3 rings (SSSR count). The largest absolute Gasteiger partial charge is 0.490 e. The minimum atomic E-state index is -0.105. The van der Waals surface area contributed by atoms with Crippen molar-refractivity contribution in [2.24, 2.45) is 11.5 Å². The molecule has 2 aromatic carbocycles. The summed E-state index contributed by atoms with van der Waals surface area (Å²) in [6, 6.07) is 13.2. The lowest BCUT2D eigenvalue weighted by Gasteiger charge is -2.23. The molecule has 1 aliphatic heterocycles. The summed E-state index contributed by atoms with van der Waals surface area (Å²) in [7, 11) is 0. The second kappa shape index (κ2) is 8.02. The number of nitrogen functional groups attached to an aromatic ring is 1. The smallest absolute Gasteiger partial charge is 0.251 e. The van der Waals surface area contributed by atoms with Crippen molar-refractivity contribution in [1.82, 2.24) is 5.32 Å². The Labute approximate surface area is 165 Å². The van der Waals surface area contributed by atoms with Gasteiger partial charge in [-0.15, -0.1) is 0 Å². The van der Waals surface area contributed by atoms with E-state index >= 15 is 0 Å². The van der Waals surface area contributed by atoms with E-state index in [1.807, 2.05) is 36.4 Å². The van der Waals surface area contributed by atoms with Crippen LogP contribution in [0.1, 0.15) is 47.3 Å². The Morgan fingerprint density at radius 1 is 1.21 bits per heavy atom. The molecule has 0 bridgehead atoms. The molecule has 0 spiro atoms. The Hall–Kier alpha value is -2.86. The maximum atomic E-state index is 12.4. The van der Waals surface area contributed by atoms with Gasteiger partial charge in [-0.25, -0.2) is 0 Å². The Morgan fingerprint density at radius 3 is 2.54 bits per heavy atom. The number of fused-ring (bicyclic) bond motifs is 1. The fraction of sp³-hybridized carbons (Fsp3) is 0.364. The summed E-state index contributed by atoms with van der Waals surface area (Å²) in [5, 5.41) is 10.5. The highest BCUT2D eigenvalue weighted by Crippen LogP contribution is 2.30. The van der Waals surface area contributed by atoms with Gasteiger partial charge in [-0.05, 0) is 41.5 Å². The van der Waals surface area contributed by atoms with E-state index in [2.05, 4.69) is 19.2 Å². The van der Waals surface area contributed by atoms with E-state index in [4.69, 9.17) is 21.6 Å². The molecule has 1 unspecified atom stereocenters. The minimum absolute atomic E-state index is 0.0187. The van der Waals surface area contributed by atoms with E-state index in [-0.39, 0.29) is 23.3 Å². The molecule has 1 atom stereocenters. The summed E-state index contributed by atoms with van der Waals surface area (Å²) in [5.41, 5.74) is 14.8. The number of amidine groups is 1. The summed E-state index contributed by atoms with van der Waals surface area (Å²) in [6.07, 6.45) is 1.49. The number of rotatable bonds is 7. The first kappa shape index (κ1) is 19.9. The van der Waals surface area contributed by atoms with Crippen molar-refractivity contribution in [3.05, 3.63) is 64.7 Å². The van der Waals surface area contributed by atoms with Gasteiger partial charge in [0.05, 0.1) is 0 Å². The van der Waals surface area contributed by atoms with Gasteiger partial charge < -0.3 is 21.5 Å². The van der Waals surface area contributed by atoms with Crippen molar-refractivity contribution in [1.29, 1.82) is 5.41 Å². The average molecular weight is 380 g/mol. The van der Waals surface area contributed by atoms with Crippen molar-refractivity contribution in [2.45, 2.75) is 38.2 Å². The number of nitrogens with one attached hydrogen (secondary N) is 2. The fourth-order valence-electron chi connectivity index (χ4n) is 3.29. The molecular formula is C22H28N4O2. The van der Waals surface area contributed by atoms with E-state index in [0.29, 0.717) is 30.6 Å². The first-order valence-electron chi connectivity index (χ1n) is 9.53. The molecule has 2 aromatic rings. The zero-order valence-electron chi connectivity index (χ0n) is 16.4. The molecule has 6 heteroatoms. The van der Waals surface area contributed by atoms with Gasteiger partial charge in [-0.1, -0.05) is 26.0 Å². The number of carbonyl (C=O) groups is 1. The molecule has 1 heterocycles. The number of ether oxygens (including phenoxy) is 1. The Bertz CT molecular complexity index is 875. The van der Waals surface area contributed by atoms with E-state index < -0.39 is 0 Å². The highest BCUT2D eigenvalue weighted by atomic mass is 16.5. The van der Waals surface area contributed by atoms with E-state index in [0.717, 1.165) is 23.3 Å². The summed E-state index contributed by atoms with van der Waals surface area (Å²) >= 11 is 0. The molecule has 1 aliphatic rings. The molecule has 0 fully saturated rings. The highest BCUT2D eigenvalue weighted by Gasteiger charge is 2.23. The topological polar surface area (TPSA) is 114 Å². The summed E-state index contributed by atoms with van der Waals surface area (Å²) in [5.74, 6) is 0.797. The van der Waals surface area contributed by atoms with Gasteiger partial charge in [0.15, 0.2) is 0 Å². The van der Waals surface area contributed by atoms with Gasteiger partial charge in [-0.2, -0.15) is 0 Å². The van der Waals surface area contributed by atoms with Crippen molar-refractivity contribution >= 4 is 11.7 Å². The molecule has 28 heavy (non-hydrogen) atoms. The molecule has 148 valence electrons. The molecule has 1 amide bonds. The second-order valence-corrected chi connectivity index (χ2v) is 7.89. The third kappa shape index (κ3) is 4.34. The lowest BCUT2D eigenvalue weighted by atomic mass is 9.84. The van der Waals surface area contributed by atoms with Gasteiger partial charge in [0.2, 0.25) is 0 Å². The standard InChI is InChI=1S/C22H28N4O2/c1-22(2,13-23)17-6-3-14(4-7-17)21(27)26-10-9-18-12-16-11-15(20(24)25)5-8-19(16)28-18/h3-8,11,18H,9-10,12-13,23H2,1-2H3,(H3,24,25)(H,26,27). The van der Waals surface area contributed by atoms with Crippen LogP contribution in [0.3, 0.4) is 0 Å². The van der Waals surface area contributed by atoms with Crippen LogP contribution in [0.4, 0.5) is 0 Å². The third-order valence-electron chi connectivity index (χ3n) is 5.30. The molecule has 0 saturated carbocycles. The van der Waals surface area contributed by atoms with Crippen LogP contribution in [0.25, 0.3) is 0 Å². The number of amides is 1. The number of nitrogens with two attached hydrogens (primary N) is 2. The normalized spacial score (nSPS) is 15.6. The molecule has 6 N–H and O–H groups in total. The van der Waals surface area contributed by atoms with Crippen LogP contribution in [-0.2, 0) is 11.8 Å². The van der Waals surface area contributed by atoms with Gasteiger partial charge in [0.1, 0.15) is 17.7 Å². The van der Waals surface area contributed by atoms with Gasteiger partial charge in [0.25, 0.3) is 5.91 Å². The van der Waals surface area contributed by atoms with E-state index in [1.165, 1.54) is 0 Å². The number of carbonyl (C=O) groups excluding carboxylic acids is 1. The average Bonchev–Trinajstić information content (AvgIpc) is 3.09. The first-order chi connectivity index (χ1) is 13.3. The zero-order chi connectivity index (χ0) is 20.3. The summed E-state index contributed by atoms with van der Waals surface area (Å²) < 4.78 is 5.92. The molecule has 6 nitrogen and oxygen atoms in total. The summed E-state index contributed by atoms with van der Waals surface area (Å²) in [6.45, 7) is 5.26. The van der Waals surface area contributed by atoms with E-state index in [1.54, 1.807) is 6.07 Å².